The molecule has 128 valence electrons. The summed E-state index contributed by atoms with van der Waals surface area (Å²) >= 11 is 1.70. The second-order valence-corrected chi connectivity index (χ2v) is 6.88. The lowest BCUT2D eigenvalue weighted by Crippen LogP contribution is -2.39. The third kappa shape index (κ3) is 3.94. The number of aryl methyl sites for hydroxylation is 1. The van der Waals surface area contributed by atoms with E-state index >= 15 is 0 Å². The Morgan fingerprint density at radius 2 is 2.21 bits per heavy atom. The first kappa shape index (κ1) is 16.9. The Morgan fingerprint density at radius 1 is 1.42 bits per heavy atom. The van der Waals surface area contributed by atoms with E-state index in [9.17, 15) is 4.79 Å². The summed E-state index contributed by atoms with van der Waals surface area (Å²) < 4.78 is 5.14. The molecule has 2 aromatic rings. The van der Waals surface area contributed by atoms with Crippen molar-refractivity contribution < 1.29 is 9.53 Å². The fourth-order valence-corrected chi connectivity index (χ4v) is 3.74. The monoisotopic (exact) mass is 345 g/mol. The number of ether oxygens (including phenoxy) is 1. The molecular weight excluding hydrogens is 322 g/mol. The number of anilines is 1. The first-order valence-corrected chi connectivity index (χ1v) is 9.20. The maximum Gasteiger partial charge on any atom is 0.241 e. The van der Waals surface area contributed by atoms with Crippen molar-refractivity contribution in [1.29, 1.82) is 0 Å². The summed E-state index contributed by atoms with van der Waals surface area (Å²) in [5.74, 6) is 0.842. The summed E-state index contributed by atoms with van der Waals surface area (Å²) in [6.07, 6.45) is 2.91. The van der Waals surface area contributed by atoms with Crippen molar-refractivity contribution >= 4 is 22.9 Å². The Morgan fingerprint density at radius 3 is 2.88 bits per heavy atom. The van der Waals surface area contributed by atoms with Crippen molar-refractivity contribution in [1.82, 2.24) is 9.88 Å². The molecule has 0 saturated carbocycles. The summed E-state index contributed by atoms with van der Waals surface area (Å²) in [5, 5.41) is 6.28. The third-order valence-electron chi connectivity index (χ3n) is 4.29. The molecular formula is C18H23N3O2S. The summed E-state index contributed by atoms with van der Waals surface area (Å²) in [5.41, 5.74) is 1.87. The summed E-state index contributed by atoms with van der Waals surface area (Å²) in [6.45, 7) is 3.81. The standard InChI is InChI=1S/C18H23N3O2S/c1-3-17-19-14(12-24-17)11-21-10-4-5-16(21)18(22)20-13-6-8-15(23-2)9-7-13/h6-9,12,16H,3-5,10-11H2,1-2H3,(H,20,22). The van der Waals surface area contributed by atoms with E-state index in [1.165, 1.54) is 0 Å². The molecule has 0 radical (unpaired) electrons. The number of nitrogens with one attached hydrogen (secondary N) is 1. The van der Waals surface area contributed by atoms with E-state index in [1.54, 1.807) is 18.4 Å². The first-order chi connectivity index (χ1) is 11.7. The second-order valence-electron chi connectivity index (χ2n) is 5.93. The maximum atomic E-state index is 12.6. The number of carbonyl (C=O) groups is 1. The number of thiazole rings is 1. The lowest BCUT2D eigenvalue weighted by molar-refractivity contribution is -0.120. The molecule has 0 spiro atoms. The Labute approximate surface area is 146 Å². The molecule has 3 rings (SSSR count). The van der Waals surface area contributed by atoms with Crippen LogP contribution in [0.15, 0.2) is 29.6 Å². The highest BCUT2D eigenvalue weighted by Gasteiger charge is 2.31. The van der Waals surface area contributed by atoms with E-state index in [-0.39, 0.29) is 11.9 Å². The molecule has 5 nitrogen and oxygen atoms in total. The Hall–Kier alpha value is -1.92. The predicted octanol–water partition coefficient (Wildman–Crippen LogP) is 3.32. The van der Waals surface area contributed by atoms with Crippen molar-refractivity contribution in [3.8, 4) is 5.75 Å². The molecule has 1 aliphatic heterocycles. The number of rotatable bonds is 6. The van der Waals surface area contributed by atoms with Gasteiger partial charge in [0.05, 0.1) is 23.9 Å². The Bertz CT molecular complexity index is 684. The van der Waals surface area contributed by atoms with Crippen LogP contribution in [-0.2, 0) is 17.8 Å². The number of nitrogens with zero attached hydrogens (tertiary/aromatic N) is 2. The lowest BCUT2D eigenvalue weighted by atomic mass is 10.2. The molecule has 6 heteroatoms. The summed E-state index contributed by atoms with van der Waals surface area (Å²) in [6, 6.07) is 7.35. The van der Waals surface area contributed by atoms with Crippen LogP contribution in [0.2, 0.25) is 0 Å². The minimum atomic E-state index is -0.0844. The average molecular weight is 345 g/mol. The van der Waals surface area contributed by atoms with Gasteiger partial charge in [-0.25, -0.2) is 4.98 Å². The van der Waals surface area contributed by atoms with Crippen LogP contribution in [0.5, 0.6) is 5.75 Å². The normalized spacial score (nSPS) is 17.8. The highest BCUT2D eigenvalue weighted by molar-refractivity contribution is 7.09. The van der Waals surface area contributed by atoms with Gasteiger partial charge in [-0.2, -0.15) is 0 Å². The molecule has 0 bridgehead atoms. The van der Waals surface area contributed by atoms with Gasteiger partial charge in [0, 0.05) is 17.6 Å². The van der Waals surface area contributed by atoms with E-state index in [2.05, 4.69) is 27.5 Å². The van der Waals surface area contributed by atoms with Crippen LogP contribution in [0.25, 0.3) is 0 Å². The van der Waals surface area contributed by atoms with Gasteiger partial charge in [0.1, 0.15) is 5.75 Å². The molecule has 1 aromatic heterocycles. The van der Waals surface area contributed by atoms with E-state index < -0.39 is 0 Å². The number of benzene rings is 1. The topological polar surface area (TPSA) is 54.5 Å². The zero-order valence-corrected chi connectivity index (χ0v) is 14.9. The van der Waals surface area contributed by atoms with E-state index in [0.717, 1.165) is 54.5 Å². The fourth-order valence-electron chi connectivity index (χ4n) is 3.00. The van der Waals surface area contributed by atoms with Gasteiger partial charge in [0.15, 0.2) is 0 Å². The summed E-state index contributed by atoms with van der Waals surface area (Å²) in [7, 11) is 1.63. The average Bonchev–Trinajstić information content (AvgIpc) is 3.25. The fraction of sp³-hybridized carbons (Fsp3) is 0.444. The first-order valence-electron chi connectivity index (χ1n) is 8.32. The van der Waals surface area contributed by atoms with Crippen LogP contribution in [0, 0.1) is 0 Å². The van der Waals surface area contributed by atoms with Gasteiger partial charge in [-0.3, -0.25) is 9.69 Å². The molecule has 2 heterocycles. The van der Waals surface area contributed by atoms with E-state index in [1.807, 2.05) is 24.3 Å². The number of carbonyl (C=O) groups excluding carboxylic acids is 1. The number of aromatic nitrogens is 1. The lowest BCUT2D eigenvalue weighted by Gasteiger charge is -2.22. The predicted molar refractivity (Wildman–Crippen MR) is 96.5 cm³/mol. The molecule has 1 unspecified atom stereocenters. The van der Waals surface area contributed by atoms with Crippen molar-refractivity contribution in [2.75, 3.05) is 19.0 Å². The van der Waals surface area contributed by atoms with Gasteiger partial charge in [-0.15, -0.1) is 11.3 Å². The van der Waals surface area contributed by atoms with Crippen molar-refractivity contribution in [2.24, 2.45) is 0 Å². The van der Waals surface area contributed by atoms with Crippen LogP contribution >= 0.6 is 11.3 Å². The number of amides is 1. The maximum absolute atomic E-state index is 12.6. The van der Waals surface area contributed by atoms with Crippen LogP contribution in [0.1, 0.15) is 30.5 Å². The molecule has 0 aliphatic carbocycles. The van der Waals surface area contributed by atoms with Crippen LogP contribution in [-0.4, -0.2) is 35.5 Å². The molecule has 1 aromatic carbocycles. The molecule has 1 amide bonds. The van der Waals surface area contributed by atoms with Crippen LogP contribution < -0.4 is 10.1 Å². The smallest absolute Gasteiger partial charge is 0.241 e. The van der Waals surface area contributed by atoms with Gasteiger partial charge in [-0.1, -0.05) is 6.92 Å². The third-order valence-corrected chi connectivity index (χ3v) is 5.33. The van der Waals surface area contributed by atoms with Crippen molar-refractivity contribution in [2.45, 2.75) is 38.8 Å². The zero-order valence-electron chi connectivity index (χ0n) is 14.1. The van der Waals surface area contributed by atoms with Crippen molar-refractivity contribution in [3.63, 3.8) is 0 Å². The summed E-state index contributed by atoms with van der Waals surface area (Å²) in [4.78, 5) is 19.5. The number of hydrogen-bond donors (Lipinski definition) is 1. The largest absolute Gasteiger partial charge is 0.497 e. The Balaban J connectivity index is 1.62. The molecule has 1 atom stereocenters. The van der Waals surface area contributed by atoms with Gasteiger partial charge >= 0.3 is 0 Å². The second kappa shape index (κ2) is 7.77. The number of methoxy groups -OCH3 is 1. The zero-order chi connectivity index (χ0) is 16.9. The minimum absolute atomic E-state index is 0.0589. The molecule has 1 N–H and O–H groups in total. The number of likely N-dealkylation sites (tertiary alicyclic amines) is 1. The number of hydrogen-bond acceptors (Lipinski definition) is 5. The van der Waals surface area contributed by atoms with Gasteiger partial charge in [-0.05, 0) is 50.1 Å². The van der Waals surface area contributed by atoms with Gasteiger partial charge in [0.2, 0.25) is 5.91 Å². The van der Waals surface area contributed by atoms with Crippen LogP contribution in [0.3, 0.4) is 0 Å². The van der Waals surface area contributed by atoms with Crippen molar-refractivity contribution in [3.05, 3.63) is 40.3 Å². The van der Waals surface area contributed by atoms with Gasteiger partial charge in [0.25, 0.3) is 0 Å². The highest BCUT2D eigenvalue weighted by atomic mass is 32.1. The molecule has 24 heavy (non-hydrogen) atoms. The molecule has 1 fully saturated rings. The van der Waals surface area contributed by atoms with E-state index in [0.29, 0.717) is 0 Å². The highest BCUT2D eigenvalue weighted by Crippen LogP contribution is 2.23. The molecule has 1 aliphatic rings. The quantitative estimate of drug-likeness (QED) is 0.873. The van der Waals surface area contributed by atoms with Gasteiger partial charge < -0.3 is 10.1 Å². The SMILES string of the molecule is CCc1nc(CN2CCCC2C(=O)Nc2ccc(OC)cc2)cs1. The Kier molecular flexibility index (Phi) is 5.48. The van der Waals surface area contributed by atoms with E-state index in [4.69, 9.17) is 4.74 Å². The molecule has 1 saturated heterocycles. The minimum Gasteiger partial charge on any atom is -0.497 e. The van der Waals surface area contributed by atoms with Crippen LogP contribution in [0.4, 0.5) is 5.69 Å².